The van der Waals surface area contributed by atoms with Gasteiger partial charge in [-0.3, -0.25) is 4.79 Å². The average molecular weight is 214 g/mol. The molecule has 3 heteroatoms. The Balaban J connectivity index is 3.37. The minimum Gasteiger partial charge on any atom is -0.355 e. The van der Waals surface area contributed by atoms with E-state index in [9.17, 15) is 4.79 Å². The molecule has 0 spiro atoms. The van der Waals surface area contributed by atoms with Crippen molar-refractivity contribution in [2.24, 2.45) is 0 Å². The summed E-state index contributed by atoms with van der Waals surface area (Å²) in [6.45, 7) is 10.3. The van der Waals surface area contributed by atoms with Gasteiger partial charge in [-0.1, -0.05) is 33.6 Å². The summed E-state index contributed by atoms with van der Waals surface area (Å²) in [4.78, 5) is 13.7. The van der Waals surface area contributed by atoms with Crippen molar-refractivity contribution in [3.05, 3.63) is 0 Å². The van der Waals surface area contributed by atoms with E-state index in [4.69, 9.17) is 0 Å². The number of carbonyl (C=O) groups is 1. The molecule has 0 unspecified atom stereocenters. The van der Waals surface area contributed by atoms with E-state index < -0.39 is 0 Å². The fourth-order valence-electron chi connectivity index (χ4n) is 1.52. The van der Waals surface area contributed by atoms with Gasteiger partial charge in [-0.25, -0.2) is 0 Å². The van der Waals surface area contributed by atoms with Crippen LogP contribution in [0.2, 0.25) is 0 Å². The van der Waals surface area contributed by atoms with Crippen LogP contribution < -0.4 is 5.32 Å². The highest BCUT2D eigenvalue weighted by atomic mass is 16.1. The Kier molecular flexibility index (Phi) is 9.59. The second-order valence-corrected chi connectivity index (χ2v) is 3.83. The number of unbranched alkanes of at least 4 members (excludes halogenated alkanes) is 2. The third kappa shape index (κ3) is 8.43. The zero-order valence-electron chi connectivity index (χ0n) is 10.5. The Morgan fingerprint density at radius 3 is 2.33 bits per heavy atom. The first-order valence-corrected chi connectivity index (χ1v) is 6.23. The molecule has 0 aliphatic rings. The van der Waals surface area contributed by atoms with Crippen LogP contribution in [-0.2, 0) is 4.79 Å². The van der Waals surface area contributed by atoms with E-state index >= 15 is 0 Å². The standard InChI is InChI=1S/C12H26N2O/c1-4-7-8-9-12(15)13-10-11-14(5-2)6-3/h4-11H2,1-3H3,(H,13,15). The Hall–Kier alpha value is -0.570. The molecule has 0 rings (SSSR count). The quantitative estimate of drug-likeness (QED) is 0.596. The number of nitrogens with zero attached hydrogens (tertiary/aromatic N) is 1. The molecule has 0 aliphatic heterocycles. The lowest BCUT2D eigenvalue weighted by atomic mass is 10.2. The van der Waals surface area contributed by atoms with Crippen molar-refractivity contribution in [3.63, 3.8) is 0 Å². The highest BCUT2D eigenvalue weighted by Crippen LogP contribution is 1.98. The Bertz CT molecular complexity index is 156. The molecule has 1 N–H and O–H groups in total. The van der Waals surface area contributed by atoms with Crippen LogP contribution in [0.25, 0.3) is 0 Å². The maximum Gasteiger partial charge on any atom is 0.220 e. The van der Waals surface area contributed by atoms with Crippen molar-refractivity contribution in [2.75, 3.05) is 26.2 Å². The van der Waals surface area contributed by atoms with Crippen molar-refractivity contribution in [3.8, 4) is 0 Å². The molecule has 0 aromatic heterocycles. The van der Waals surface area contributed by atoms with Crippen LogP contribution >= 0.6 is 0 Å². The second-order valence-electron chi connectivity index (χ2n) is 3.83. The van der Waals surface area contributed by atoms with Crippen LogP contribution in [0.15, 0.2) is 0 Å². The number of rotatable bonds is 9. The molecule has 0 aromatic carbocycles. The third-order valence-corrected chi connectivity index (χ3v) is 2.65. The van der Waals surface area contributed by atoms with Gasteiger partial charge in [0.1, 0.15) is 0 Å². The van der Waals surface area contributed by atoms with E-state index in [1.807, 2.05) is 0 Å². The summed E-state index contributed by atoms with van der Waals surface area (Å²) in [5.41, 5.74) is 0. The molecular formula is C12H26N2O. The van der Waals surface area contributed by atoms with Crippen molar-refractivity contribution in [2.45, 2.75) is 46.5 Å². The van der Waals surface area contributed by atoms with Gasteiger partial charge in [0.05, 0.1) is 0 Å². The first kappa shape index (κ1) is 14.4. The molecule has 0 atom stereocenters. The van der Waals surface area contributed by atoms with E-state index in [-0.39, 0.29) is 5.91 Å². The largest absolute Gasteiger partial charge is 0.355 e. The summed E-state index contributed by atoms with van der Waals surface area (Å²) < 4.78 is 0. The van der Waals surface area contributed by atoms with Crippen molar-refractivity contribution >= 4 is 5.91 Å². The van der Waals surface area contributed by atoms with E-state index in [0.29, 0.717) is 6.42 Å². The van der Waals surface area contributed by atoms with Crippen LogP contribution in [0.5, 0.6) is 0 Å². The number of amides is 1. The molecule has 0 fully saturated rings. The minimum absolute atomic E-state index is 0.204. The molecule has 0 aliphatic carbocycles. The van der Waals surface area contributed by atoms with Crippen LogP contribution in [0.3, 0.4) is 0 Å². The van der Waals surface area contributed by atoms with Gasteiger partial charge in [0.2, 0.25) is 5.91 Å². The fourth-order valence-corrected chi connectivity index (χ4v) is 1.52. The average Bonchev–Trinajstić information content (AvgIpc) is 2.25. The van der Waals surface area contributed by atoms with E-state index in [2.05, 4.69) is 31.0 Å². The van der Waals surface area contributed by atoms with Crippen LogP contribution in [0, 0.1) is 0 Å². The maximum atomic E-state index is 11.3. The van der Waals surface area contributed by atoms with Gasteiger partial charge in [0, 0.05) is 19.5 Å². The van der Waals surface area contributed by atoms with Crippen LogP contribution in [-0.4, -0.2) is 37.0 Å². The van der Waals surface area contributed by atoms with E-state index in [1.165, 1.54) is 6.42 Å². The first-order valence-electron chi connectivity index (χ1n) is 6.23. The molecule has 15 heavy (non-hydrogen) atoms. The summed E-state index contributed by atoms with van der Waals surface area (Å²) in [7, 11) is 0. The maximum absolute atomic E-state index is 11.3. The lowest BCUT2D eigenvalue weighted by Gasteiger charge is -2.17. The molecule has 0 radical (unpaired) electrons. The van der Waals surface area contributed by atoms with Gasteiger partial charge in [0.25, 0.3) is 0 Å². The summed E-state index contributed by atoms with van der Waals surface area (Å²) >= 11 is 0. The second kappa shape index (κ2) is 9.97. The predicted octanol–water partition coefficient (Wildman–Crippen LogP) is 2.02. The Morgan fingerprint density at radius 1 is 1.13 bits per heavy atom. The Morgan fingerprint density at radius 2 is 1.80 bits per heavy atom. The van der Waals surface area contributed by atoms with Crippen LogP contribution in [0.4, 0.5) is 0 Å². The molecule has 0 saturated heterocycles. The first-order chi connectivity index (χ1) is 7.24. The van der Waals surface area contributed by atoms with E-state index in [1.54, 1.807) is 0 Å². The third-order valence-electron chi connectivity index (χ3n) is 2.65. The van der Waals surface area contributed by atoms with E-state index in [0.717, 1.165) is 39.0 Å². The molecule has 3 nitrogen and oxygen atoms in total. The number of carbonyl (C=O) groups excluding carboxylic acids is 1. The topological polar surface area (TPSA) is 32.3 Å². The summed E-state index contributed by atoms with van der Waals surface area (Å²) in [5.74, 6) is 0.204. The zero-order valence-corrected chi connectivity index (χ0v) is 10.5. The lowest BCUT2D eigenvalue weighted by Crippen LogP contribution is -2.34. The van der Waals surface area contributed by atoms with Crippen LogP contribution in [0.1, 0.15) is 46.5 Å². The summed E-state index contributed by atoms with van der Waals surface area (Å²) in [5, 5.41) is 2.96. The smallest absolute Gasteiger partial charge is 0.220 e. The minimum atomic E-state index is 0.204. The monoisotopic (exact) mass is 214 g/mol. The van der Waals surface area contributed by atoms with Gasteiger partial charge < -0.3 is 10.2 Å². The molecule has 0 heterocycles. The fraction of sp³-hybridized carbons (Fsp3) is 0.917. The zero-order chi connectivity index (χ0) is 11.5. The molecule has 0 saturated carbocycles. The van der Waals surface area contributed by atoms with Gasteiger partial charge in [-0.2, -0.15) is 0 Å². The van der Waals surface area contributed by atoms with Gasteiger partial charge in [-0.15, -0.1) is 0 Å². The molecule has 0 aromatic rings. The Labute approximate surface area is 94.2 Å². The number of likely N-dealkylation sites (N-methyl/N-ethyl adjacent to an activating group) is 1. The highest BCUT2D eigenvalue weighted by Gasteiger charge is 2.01. The molecule has 1 amide bonds. The number of hydrogen-bond acceptors (Lipinski definition) is 2. The molecular weight excluding hydrogens is 188 g/mol. The summed E-state index contributed by atoms with van der Waals surface area (Å²) in [6, 6.07) is 0. The van der Waals surface area contributed by atoms with Gasteiger partial charge in [0.15, 0.2) is 0 Å². The predicted molar refractivity (Wildman–Crippen MR) is 64.9 cm³/mol. The summed E-state index contributed by atoms with van der Waals surface area (Å²) in [6.07, 6.45) is 4.04. The molecule has 0 bridgehead atoms. The number of hydrogen-bond donors (Lipinski definition) is 1. The molecule has 90 valence electrons. The normalized spacial score (nSPS) is 10.7. The lowest BCUT2D eigenvalue weighted by molar-refractivity contribution is -0.121. The SMILES string of the molecule is CCCCCC(=O)NCCN(CC)CC. The van der Waals surface area contributed by atoms with Gasteiger partial charge >= 0.3 is 0 Å². The highest BCUT2D eigenvalue weighted by molar-refractivity contribution is 5.75. The van der Waals surface area contributed by atoms with Gasteiger partial charge in [-0.05, 0) is 19.5 Å². The van der Waals surface area contributed by atoms with Crippen molar-refractivity contribution < 1.29 is 4.79 Å². The number of nitrogens with one attached hydrogen (secondary N) is 1. The van der Waals surface area contributed by atoms with Crippen molar-refractivity contribution in [1.82, 2.24) is 10.2 Å². The van der Waals surface area contributed by atoms with Crippen molar-refractivity contribution in [1.29, 1.82) is 0 Å².